The maximum atomic E-state index is 12.6. The summed E-state index contributed by atoms with van der Waals surface area (Å²) in [5.41, 5.74) is 0.743. The highest BCUT2D eigenvalue weighted by atomic mass is 16.5. The summed E-state index contributed by atoms with van der Waals surface area (Å²) in [6, 6.07) is 7.99. The second kappa shape index (κ2) is 8.55. The molecule has 3 rings (SSSR count). The second-order valence-electron chi connectivity index (χ2n) is 7.65. The largest absolute Gasteiger partial charge is 0.497 e. The van der Waals surface area contributed by atoms with Gasteiger partial charge in [-0.2, -0.15) is 4.98 Å². The summed E-state index contributed by atoms with van der Waals surface area (Å²) in [5.74, 6) is 2.35. The fraction of sp³-hybridized carbons (Fsp3) is 0.571. The molecule has 0 atom stereocenters. The molecular formula is C21H29N3O3. The molecule has 1 amide bonds. The SMILES string of the molecule is COc1ccc(CCCC(=O)NC2(c3noc(C(C)C)n3)CCCC2)cc1. The normalized spacial score (nSPS) is 15.9. The van der Waals surface area contributed by atoms with Crippen molar-refractivity contribution < 1.29 is 14.1 Å². The summed E-state index contributed by atoms with van der Waals surface area (Å²) < 4.78 is 10.6. The molecule has 1 N–H and O–H groups in total. The van der Waals surface area contributed by atoms with Crippen LogP contribution in [0, 0.1) is 0 Å². The maximum absolute atomic E-state index is 12.6. The third kappa shape index (κ3) is 4.67. The molecule has 6 heteroatoms. The first kappa shape index (κ1) is 19.4. The number of ether oxygens (including phenoxy) is 1. The molecular weight excluding hydrogens is 342 g/mol. The molecule has 1 heterocycles. The number of hydrogen-bond acceptors (Lipinski definition) is 5. The van der Waals surface area contributed by atoms with Crippen molar-refractivity contribution >= 4 is 5.91 Å². The van der Waals surface area contributed by atoms with Gasteiger partial charge >= 0.3 is 0 Å². The lowest BCUT2D eigenvalue weighted by Crippen LogP contribution is -2.44. The van der Waals surface area contributed by atoms with E-state index in [1.165, 1.54) is 5.56 Å². The van der Waals surface area contributed by atoms with Gasteiger partial charge in [0.1, 0.15) is 11.3 Å². The molecule has 0 saturated heterocycles. The molecule has 1 aromatic carbocycles. The van der Waals surface area contributed by atoms with Crippen LogP contribution in [0.4, 0.5) is 0 Å². The summed E-state index contributed by atoms with van der Waals surface area (Å²) >= 11 is 0. The Kier molecular flexibility index (Phi) is 6.14. The predicted octanol–water partition coefficient (Wildman–Crippen LogP) is 4.11. The lowest BCUT2D eigenvalue weighted by molar-refractivity contribution is -0.123. The molecule has 27 heavy (non-hydrogen) atoms. The van der Waals surface area contributed by atoms with E-state index < -0.39 is 5.54 Å². The average molecular weight is 371 g/mol. The Morgan fingerprint density at radius 1 is 1.26 bits per heavy atom. The number of nitrogens with one attached hydrogen (secondary N) is 1. The number of rotatable bonds is 8. The Labute approximate surface area is 160 Å². The number of nitrogens with zero attached hydrogens (tertiary/aromatic N) is 2. The van der Waals surface area contributed by atoms with Gasteiger partial charge in [-0.1, -0.05) is 44.0 Å². The van der Waals surface area contributed by atoms with Gasteiger partial charge < -0.3 is 14.6 Å². The highest BCUT2D eigenvalue weighted by molar-refractivity contribution is 5.77. The lowest BCUT2D eigenvalue weighted by Gasteiger charge is -2.26. The van der Waals surface area contributed by atoms with E-state index >= 15 is 0 Å². The van der Waals surface area contributed by atoms with Crippen molar-refractivity contribution in [2.45, 2.75) is 70.3 Å². The van der Waals surface area contributed by atoms with E-state index in [0.717, 1.165) is 44.3 Å². The summed E-state index contributed by atoms with van der Waals surface area (Å²) in [6.07, 6.45) is 6.03. The van der Waals surface area contributed by atoms with Crippen molar-refractivity contribution in [2.24, 2.45) is 0 Å². The average Bonchev–Trinajstić information content (AvgIpc) is 3.32. The van der Waals surface area contributed by atoms with Crippen LogP contribution < -0.4 is 10.1 Å². The molecule has 0 spiro atoms. The first-order chi connectivity index (χ1) is 13.0. The highest BCUT2D eigenvalue weighted by Gasteiger charge is 2.41. The number of methoxy groups -OCH3 is 1. The van der Waals surface area contributed by atoms with E-state index in [9.17, 15) is 4.79 Å². The summed E-state index contributed by atoms with van der Waals surface area (Å²) in [6.45, 7) is 4.05. The number of hydrogen-bond donors (Lipinski definition) is 1. The molecule has 0 aliphatic heterocycles. The Morgan fingerprint density at radius 3 is 2.56 bits per heavy atom. The number of aryl methyl sites for hydroxylation is 1. The smallest absolute Gasteiger partial charge is 0.229 e. The quantitative estimate of drug-likeness (QED) is 0.755. The van der Waals surface area contributed by atoms with Crippen LogP contribution in [0.15, 0.2) is 28.8 Å². The van der Waals surface area contributed by atoms with Gasteiger partial charge in [-0.15, -0.1) is 0 Å². The topological polar surface area (TPSA) is 77.2 Å². The van der Waals surface area contributed by atoms with Crippen molar-refractivity contribution in [3.05, 3.63) is 41.5 Å². The minimum atomic E-state index is -0.464. The molecule has 0 radical (unpaired) electrons. The van der Waals surface area contributed by atoms with Crippen LogP contribution in [0.2, 0.25) is 0 Å². The highest BCUT2D eigenvalue weighted by Crippen LogP contribution is 2.37. The van der Waals surface area contributed by atoms with Crippen LogP contribution in [0.1, 0.15) is 75.6 Å². The zero-order valence-corrected chi connectivity index (χ0v) is 16.5. The number of carbonyl (C=O) groups excluding carboxylic acids is 1. The third-order valence-electron chi connectivity index (χ3n) is 5.23. The van der Waals surface area contributed by atoms with E-state index in [4.69, 9.17) is 9.26 Å². The van der Waals surface area contributed by atoms with Crippen LogP contribution in [-0.4, -0.2) is 23.2 Å². The van der Waals surface area contributed by atoms with Gasteiger partial charge in [0, 0.05) is 12.3 Å². The Hall–Kier alpha value is -2.37. The molecule has 0 bridgehead atoms. The minimum Gasteiger partial charge on any atom is -0.497 e. The number of amides is 1. The van der Waals surface area contributed by atoms with Gasteiger partial charge in [0.25, 0.3) is 0 Å². The van der Waals surface area contributed by atoms with E-state index in [2.05, 4.69) is 15.5 Å². The monoisotopic (exact) mass is 371 g/mol. The van der Waals surface area contributed by atoms with E-state index in [0.29, 0.717) is 18.1 Å². The van der Waals surface area contributed by atoms with Crippen LogP contribution in [0.5, 0.6) is 5.75 Å². The summed E-state index contributed by atoms with van der Waals surface area (Å²) in [7, 11) is 1.66. The van der Waals surface area contributed by atoms with Crippen LogP contribution in [0.3, 0.4) is 0 Å². The number of aromatic nitrogens is 2. The molecule has 6 nitrogen and oxygen atoms in total. The van der Waals surface area contributed by atoms with Gasteiger partial charge in [0.05, 0.1) is 7.11 Å². The lowest BCUT2D eigenvalue weighted by atomic mass is 9.96. The second-order valence-corrected chi connectivity index (χ2v) is 7.65. The molecule has 0 unspecified atom stereocenters. The maximum Gasteiger partial charge on any atom is 0.229 e. The van der Waals surface area contributed by atoms with Crippen LogP contribution in [-0.2, 0) is 16.8 Å². The summed E-state index contributed by atoms with van der Waals surface area (Å²) in [4.78, 5) is 17.1. The van der Waals surface area contributed by atoms with E-state index in [1.54, 1.807) is 7.11 Å². The van der Waals surface area contributed by atoms with Gasteiger partial charge in [-0.25, -0.2) is 0 Å². The number of carbonyl (C=O) groups is 1. The Bertz CT molecular complexity index is 746. The van der Waals surface area contributed by atoms with Gasteiger partial charge in [0.15, 0.2) is 5.82 Å². The van der Waals surface area contributed by atoms with Crippen molar-refractivity contribution in [3.63, 3.8) is 0 Å². The molecule has 1 fully saturated rings. The Balaban J connectivity index is 1.56. The van der Waals surface area contributed by atoms with Crippen molar-refractivity contribution in [2.75, 3.05) is 7.11 Å². The molecule has 2 aromatic rings. The predicted molar refractivity (Wildman–Crippen MR) is 103 cm³/mol. The summed E-state index contributed by atoms with van der Waals surface area (Å²) in [5, 5.41) is 7.40. The zero-order chi connectivity index (χ0) is 19.3. The Morgan fingerprint density at radius 2 is 1.96 bits per heavy atom. The first-order valence-electron chi connectivity index (χ1n) is 9.80. The fourth-order valence-corrected chi connectivity index (χ4v) is 3.62. The van der Waals surface area contributed by atoms with Crippen molar-refractivity contribution in [1.82, 2.24) is 15.5 Å². The van der Waals surface area contributed by atoms with E-state index in [-0.39, 0.29) is 11.8 Å². The first-order valence-corrected chi connectivity index (χ1v) is 9.80. The van der Waals surface area contributed by atoms with Gasteiger partial charge in [-0.05, 0) is 43.4 Å². The molecule has 1 aliphatic rings. The molecule has 146 valence electrons. The van der Waals surface area contributed by atoms with Crippen LogP contribution >= 0.6 is 0 Å². The number of benzene rings is 1. The molecule has 1 aliphatic carbocycles. The van der Waals surface area contributed by atoms with E-state index in [1.807, 2.05) is 38.1 Å². The fourth-order valence-electron chi connectivity index (χ4n) is 3.62. The minimum absolute atomic E-state index is 0.0568. The molecule has 1 aromatic heterocycles. The van der Waals surface area contributed by atoms with Gasteiger partial charge in [-0.3, -0.25) is 4.79 Å². The van der Waals surface area contributed by atoms with Crippen molar-refractivity contribution in [1.29, 1.82) is 0 Å². The standard InChI is InChI=1S/C21H29N3O3/c1-15(2)19-22-20(24-27-19)21(13-4-5-14-21)23-18(25)8-6-7-16-9-11-17(26-3)12-10-16/h9-12,15H,4-8,13-14H2,1-3H3,(H,23,25). The van der Waals surface area contributed by atoms with Crippen LogP contribution in [0.25, 0.3) is 0 Å². The molecule has 1 saturated carbocycles. The van der Waals surface area contributed by atoms with Crippen molar-refractivity contribution in [3.8, 4) is 5.75 Å². The third-order valence-corrected chi connectivity index (χ3v) is 5.23. The zero-order valence-electron chi connectivity index (χ0n) is 16.5. The van der Waals surface area contributed by atoms with Gasteiger partial charge in [0.2, 0.25) is 11.8 Å².